The Hall–Kier alpha value is -1.81. The van der Waals surface area contributed by atoms with E-state index in [2.05, 4.69) is 40.2 Å². The van der Waals surface area contributed by atoms with Gasteiger partial charge < -0.3 is 10.5 Å². The van der Waals surface area contributed by atoms with Gasteiger partial charge in [-0.05, 0) is 64.5 Å². The molecule has 0 amide bonds. The number of fused-ring (bicyclic) bond motifs is 1. The molecule has 0 radical (unpaired) electrons. The van der Waals surface area contributed by atoms with E-state index in [-0.39, 0.29) is 11.9 Å². The summed E-state index contributed by atoms with van der Waals surface area (Å²) in [5.41, 5.74) is 8.86. The molecule has 108 valence electrons. The van der Waals surface area contributed by atoms with E-state index in [9.17, 15) is 0 Å². The zero-order valence-electron chi connectivity index (χ0n) is 11.6. The van der Waals surface area contributed by atoms with Crippen LogP contribution in [0.3, 0.4) is 0 Å². The smallest absolute Gasteiger partial charge is 0.134 e. The number of nitrogens with one attached hydrogen (secondary N) is 1. The van der Waals surface area contributed by atoms with Crippen molar-refractivity contribution in [3.8, 4) is 5.75 Å². The molecular formula is C17H17BrN2O. The van der Waals surface area contributed by atoms with Gasteiger partial charge in [-0.25, -0.2) is 0 Å². The van der Waals surface area contributed by atoms with E-state index in [1.165, 1.54) is 11.1 Å². The number of halogens is 1. The Kier molecular flexibility index (Phi) is 3.97. The minimum Gasteiger partial charge on any atom is -0.485 e. The number of ether oxygens (including phenoxy) is 1. The predicted octanol–water partition coefficient (Wildman–Crippen LogP) is 4.19. The summed E-state index contributed by atoms with van der Waals surface area (Å²) in [5, 5.41) is 7.47. The summed E-state index contributed by atoms with van der Waals surface area (Å²) < 4.78 is 7.02. The van der Waals surface area contributed by atoms with Gasteiger partial charge in [0.25, 0.3) is 0 Å². The fraction of sp³-hybridized carbons (Fsp3) is 0.235. The number of rotatable bonds is 3. The topological polar surface area (TPSA) is 59.1 Å². The number of aryl methyl sites for hydroxylation is 1. The van der Waals surface area contributed by atoms with Crippen LogP contribution < -0.4 is 10.5 Å². The minimum absolute atomic E-state index is 0.0604. The molecule has 0 saturated heterocycles. The Morgan fingerprint density at radius 2 is 2.05 bits per heavy atom. The van der Waals surface area contributed by atoms with Crippen LogP contribution in [0.1, 0.15) is 35.6 Å². The Morgan fingerprint density at radius 1 is 1.24 bits per heavy atom. The lowest BCUT2D eigenvalue weighted by molar-refractivity contribution is 0.182. The molecule has 0 heterocycles. The van der Waals surface area contributed by atoms with Crippen LogP contribution in [0.5, 0.6) is 5.75 Å². The first-order chi connectivity index (χ1) is 10.1. The second kappa shape index (κ2) is 5.90. The molecule has 0 spiro atoms. The minimum atomic E-state index is 0.0604. The molecule has 0 aromatic heterocycles. The van der Waals surface area contributed by atoms with Crippen LogP contribution in [0, 0.1) is 5.41 Å². The highest BCUT2D eigenvalue weighted by atomic mass is 79.9. The number of hydrogen-bond acceptors (Lipinski definition) is 2. The lowest BCUT2D eigenvalue weighted by atomic mass is 9.89. The molecule has 2 aromatic carbocycles. The summed E-state index contributed by atoms with van der Waals surface area (Å²) in [7, 11) is 0. The van der Waals surface area contributed by atoms with Crippen LogP contribution in [0.2, 0.25) is 0 Å². The lowest BCUT2D eigenvalue weighted by Gasteiger charge is -2.26. The zero-order chi connectivity index (χ0) is 14.8. The maximum absolute atomic E-state index is 7.47. The summed E-state index contributed by atoms with van der Waals surface area (Å²) in [6.07, 6.45) is 3.39. The van der Waals surface area contributed by atoms with E-state index in [0.29, 0.717) is 5.56 Å². The maximum atomic E-state index is 7.47. The van der Waals surface area contributed by atoms with Gasteiger partial charge >= 0.3 is 0 Å². The number of hydrogen-bond donors (Lipinski definition) is 2. The van der Waals surface area contributed by atoms with Gasteiger partial charge in [-0.2, -0.15) is 0 Å². The predicted molar refractivity (Wildman–Crippen MR) is 87.9 cm³/mol. The molecule has 0 saturated carbocycles. The second-order valence-electron chi connectivity index (χ2n) is 5.26. The maximum Gasteiger partial charge on any atom is 0.134 e. The van der Waals surface area contributed by atoms with Gasteiger partial charge in [0.2, 0.25) is 0 Å². The van der Waals surface area contributed by atoms with Crippen LogP contribution in [0.25, 0.3) is 0 Å². The largest absolute Gasteiger partial charge is 0.485 e. The SMILES string of the molecule is N=C(N)c1ccc(OC2CCCc3ccccc32)c(Br)c1. The molecule has 1 aliphatic carbocycles. The zero-order valence-corrected chi connectivity index (χ0v) is 13.2. The van der Waals surface area contributed by atoms with Crippen LogP contribution in [-0.4, -0.2) is 5.84 Å². The van der Waals surface area contributed by atoms with Crippen molar-refractivity contribution in [2.75, 3.05) is 0 Å². The summed E-state index contributed by atoms with van der Waals surface area (Å²) >= 11 is 3.50. The van der Waals surface area contributed by atoms with E-state index >= 15 is 0 Å². The molecular weight excluding hydrogens is 328 g/mol. The molecule has 0 aliphatic heterocycles. The molecule has 1 unspecified atom stereocenters. The van der Waals surface area contributed by atoms with Crippen molar-refractivity contribution in [1.82, 2.24) is 0 Å². The molecule has 3 rings (SSSR count). The van der Waals surface area contributed by atoms with Crippen molar-refractivity contribution < 1.29 is 4.74 Å². The van der Waals surface area contributed by atoms with Gasteiger partial charge in [0.1, 0.15) is 17.7 Å². The van der Waals surface area contributed by atoms with Crippen molar-refractivity contribution in [1.29, 1.82) is 5.41 Å². The van der Waals surface area contributed by atoms with Crippen molar-refractivity contribution in [3.63, 3.8) is 0 Å². The third-order valence-electron chi connectivity index (χ3n) is 3.83. The molecule has 2 aromatic rings. The van der Waals surface area contributed by atoms with Gasteiger partial charge in [-0.1, -0.05) is 24.3 Å². The van der Waals surface area contributed by atoms with Gasteiger partial charge in [0.15, 0.2) is 0 Å². The van der Waals surface area contributed by atoms with Gasteiger partial charge in [-0.15, -0.1) is 0 Å². The standard InChI is InChI=1S/C17H17BrN2O/c18-14-10-12(17(19)20)8-9-16(14)21-15-7-3-5-11-4-1-2-6-13(11)15/h1-2,4,6,8-10,15H,3,5,7H2,(H3,19,20). The van der Waals surface area contributed by atoms with Crippen LogP contribution in [0.4, 0.5) is 0 Å². The first-order valence-corrected chi connectivity index (χ1v) is 7.83. The summed E-state index contributed by atoms with van der Waals surface area (Å²) in [6.45, 7) is 0. The van der Waals surface area contributed by atoms with Gasteiger partial charge in [-0.3, -0.25) is 5.41 Å². The molecule has 0 bridgehead atoms. The quantitative estimate of drug-likeness (QED) is 0.647. The molecule has 0 fully saturated rings. The lowest BCUT2D eigenvalue weighted by Crippen LogP contribution is -2.15. The highest BCUT2D eigenvalue weighted by Crippen LogP contribution is 2.36. The Labute approximate surface area is 132 Å². The van der Waals surface area contributed by atoms with E-state index in [4.69, 9.17) is 15.9 Å². The van der Waals surface area contributed by atoms with E-state index in [1.807, 2.05) is 18.2 Å². The third-order valence-corrected chi connectivity index (χ3v) is 4.45. The average molecular weight is 345 g/mol. The van der Waals surface area contributed by atoms with E-state index in [1.54, 1.807) is 0 Å². The molecule has 3 N–H and O–H groups in total. The van der Waals surface area contributed by atoms with E-state index in [0.717, 1.165) is 29.5 Å². The van der Waals surface area contributed by atoms with Crippen LogP contribution in [0.15, 0.2) is 46.9 Å². The Bertz CT molecular complexity index is 684. The molecule has 4 heteroatoms. The fourth-order valence-electron chi connectivity index (χ4n) is 2.75. The molecule has 1 atom stereocenters. The number of amidine groups is 1. The van der Waals surface area contributed by atoms with Crippen molar-refractivity contribution >= 4 is 21.8 Å². The number of nitrogen functional groups attached to an aromatic ring is 1. The Balaban J connectivity index is 1.86. The molecule has 21 heavy (non-hydrogen) atoms. The summed E-state index contributed by atoms with van der Waals surface area (Å²) in [5.74, 6) is 0.854. The highest BCUT2D eigenvalue weighted by molar-refractivity contribution is 9.10. The summed E-state index contributed by atoms with van der Waals surface area (Å²) in [4.78, 5) is 0. The van der Waals surface area contributed by atoms with Crippen molar-refractivity contribution in [2.45, 2.75) is 25.4 Å². The fourth-order valence-corrected chi connectivity index (χ4v) is 3.22. The number of nitrogens with two attached hydrogens (primary N) is 1. The van der Waals surface area contributed by atoms with Crippen LogP contribution >= 0.6 is 15.9 Å². The van der Waals surface area contributed by atoms with Crippen molar-refractivity contribution in [2.24, 2.45) is 5.73 Å². The monoisotopic (exact) mass is 344 g/mol. The second-order valence-corrected chi connectivity index (χ2v) is 6.11. The first kappa shape index (κ1) is 14.1. The van der Waals surface area contributed by atoms with Crippen molar-refractivity contribution in [3.05, 3.63) is 63.6 Å². The normalized spacial score (nSPS) is 17.1. The van der Waals surface area contributed by atoms with Gasteiger partial charge in [0.05, 0.1) is 4.47 Å². The number of benzene rings is 2. The highest BCUT2D eigenvalue weighted by Gasteiger charge is 2.22. The average Bonchev–Trinajstić information content (AvgIpc) is 2.49. The first-order valence-electron chi connectivity index (χ1n) is 7.03. The molecule has 3 nitrogen and oxygen atoms in total. The van der Waals surface area contributed by atoms with E-state index < -0.39 is 0 Å². The summed E-state index contributed by atoms with van der Waals surface area (Å²) in [6, 6.07) is 14.0. The van der Waals surface area contributed by atoms with Crippen LogP contribution in [-0.2, 0) is 6.42 Å². The third kappa shape index (κ3) is 2.95. The Morgan fingerprint density at radius 3 is 2.81 bits per heavy atom. The van der Waals surface area contributed by atoms with Gasteiger partial charge in [0, 0.05) is 5.56 Å². The molecule has 1 aliphatic rings.